The maximum atomic E-state index is 13.0. The van der Waals surface area contributed by atoms with Gasteiger partial charge in [-0.3, -0.25) is 9.48 Å². The van der Waals surface area contributed by atoms with E-state index < -0.39 is 18.0 Å². The summed E-state index contributed by atoms with van der Waals surface area (Å²) in [4.78, 5) is 18.0. The van der Waals surface area contributed by atoms with E-state index in [1.54, 1.807) is 0 Å². The van der Waals surface area contributed by atoms with Crippen molar-refractivity contribution in [2.75, 3.05) is 0 Å². The fourth-order valence-electron chi connectivity index (χ4n) is 2.20. The Balaban J connectivity index is 2.29. The van der Waals surface area contributed by atoms with Crippen molar-refractivity contribution < 1.29 is 13.6 Å². The zero-order valence-electron chi connectivity index (χ0n) is 13.7. The first-order chi connectivity index (χ1) is 10.7. The quantitative estimate of drug-likeness (QED) is 0.904. The molecular weight excluding hydrogens is 322 g/mol. The molecule has 23 heavy (non-hydrogen) atoms. The minimum atomic E-state index is -2.79. The molecule has 126 valence electrons. The molecule has 1 atom stereocenters. The van der Waals surface area contributed by atoms with Crippen LogP contribution in [-0.4, -0.2) is 20.7 Å². The van der Waals surface area contributed by atoms with Gasteiger partial charge in [-0.1, -0.05) is 13.8 Å². The zero-order chi connectivity index (χ0) is 17.3. The summed E-state index contributed by atoms with van der Waals surface area (Å²) in [6.07, 6.45) is -1.48. The average Bonchev–Trinajstić information content (AvgIpc) is 2.99. The zero-order valence-corrected chi connectivity index (χ0v) is 14.5. The minimum absolute atomic E-state index is 0.0792. The number of hydrogen-bond donors (Lipinski definition) is 1. The molecule has 2 rings (SSSR count). The van der Waals surface area contributed by atoms with Crippen molar-refractivity contribution in [3.8, 4) is 0 Å². The number of nitrogens with one attached hydrogen (secondary N) is 1. The molecule has 0 aliphatic rings. The van der Waals surface area contributed by atoms with Gasteiger partial charge in [0.05, 0.1) is 17.3 Å². The molecule has 0 aromatic carbocycles. The lowest BCUT2D eigenvalue weighted by Crippen LogP contribution is -2.32. The summed E-state index contributed by atoms with van der Waals surface area (Å²) in [5.41, 5.74) is 0.316. The number of amides is 1. The number of rotatable bonds is 5. The first kappa shape index (κ1) is 17.5. The van der Waals surface area contributed by atoms with Crippen LogP contribution in [0.3, 0.4) is 0 Å². The van der Waals surface area contributed by atoms with E-state index in [0.717, 1.165) is 15.6 Å². The lowest BCUT2D eigenvalue weighted by atomic mass is 10.0. The highest BCUT2D eigenvalue weighted by Gasteiger charge is 2.27. The van der Waals surface area contributed by atoms with Gasteiger partial charge in [-0.15, -0.1) is 11.3 Å². The normalized spacial score (nSPS) is 12.9. The van der Waals surface area contributed by atoms with E-state index in [4.69, 9.17) is 0 Å². The summed E-state index contributed by atoms with van der Waals surface area (Å²) in [5, 5.41) is 7.27. The first-order valence-corrected chi connectivity index (χ1v) is 8.08. The molecule has 2 aromatic heterocycles. The highest BCUT2D eigenvalue weighted by molar-refractivity contribution is 7.11. The largest absolute Gasteiger partial charge is 0.342 e. The summed E-state index contributed by atoms with van der Waals surface area (Å²) in [6.45, 7) is 7.78. The summed E-state index contributed by atoms with van der Waals surface area (Å²) >= 11 is 1.51. The maximum absolute atomic E-state index is 13.0. The maximum Gasteiger partial charge on any atom is 0.282 e. The van der Waals surface area contributed by atoms with Crippen LogP contribution in [0, 0.1) is 19.8 Å². The van der Waals surface area contributed by atoms with Crippen molar-refractivity contribution >= 4 is 17.2 Å². The topological polar surface area (TPSA) is 59.8 Å². The fourth-order valence-corrected chi connectivity index (χ4v) is 3.35. The van der Waals surface area contributed by atoms with E-state index in [9.17, 15) is 13.6 Å². The highest BCUT2D eigenvalue weighted by Crippen LogP contribution is 2.29. The van der Waals surface area contributed by atoms with E-state index in [1.165, 1.54) is 29.3 Å². The highest BCUT2D eigenvalue weighted by atomic mass is 32.1. The van der Waals surface area contributed by atoms with Crippen molar-refractivity contribution in [1.82, 2.24) is 20.1 Å². The number of alkyl halides is 2. The van der Waals surface area contributed by atoms with Crippen LogP contribution in [-0.2, 0) is 7.05 Å². The first-order valence-electron chi connectivity index (χ1n) is 7.27. The lowest BCUT2D eigenvalue weighted by molar-refractivity contribution is 0.0911. The monoisotopic (exact) mass is 342 g/mol. The number of thiazole rings is 1. The molecule has 0 fully saturated rings. The molecule has 0 bridgehead atoms. The number of nitrogens with zero attached hydrogens (tertiary/aromatic N) is 3. The molecule has 8 heteroatoms. The van der Waals surface area contributed by atoms with Crippen molar-refractivity contribution in [1.29, 1.82) is 0 Å². The van der Waals surface area contributed by atoms with Crippen LogP contribution >= 0.6 is 11.3 Å². The predicted octanol–water partition coefficient (Wildman–Crippen LogP) is 3.56. The Labute approximate surface area is 137 Å². The van der Waals surface area contributed by atoms with Gasteiger partial charge in [-0.2, -0.15) is 5.10 Å². The van der Waals surface area contributed by atoms with Crippen LogP contribution in [0.2, 0.25) is 0 Å². The Kier molecular flexibility index (Phi) is 5.13. The Morgan fingerprint density at radius 2 is 2.00 bits per heavy atom. The molecule has 0 aliphatic heterocycles. The van der Waals surface area contributed by atoms with Gasteiger partial charge in [-0.25, -0.2) is 13.8 Å². The van der Waals surface area contributed by atoms with E-state index in [1.807, 2.05) is 27.7 Å². The Morgan fingerprint density at radius 1 is 1.35 bits per heavy atom. The Bertz CT molecular complexity index is 689. The van der Waals surface area contributed by atoms with E-state index in [2.05, 4.69) is 15.4 Å². The number of aryl methyl sites for hydroxylation is 3. The van der Waals surface area contributed by atoms with Crippen LogP contribution in [0.1, 0.15) is 57.9 Å². The number of carbonyl (C=O) groups excluding carboxylic acids is 1. The van der Waals surface area contributed by atoms with E-state index >= 15 is 0 Å². The second-order valence-corrected chi connectivity index (χ2v) is 7.03. The van der Waals surface area contributed by atoms with Gasteiger partial charge in [0.25, 0.3) is 12.3 Å². The molecule has 5 nitrogen and oxygen atoms in total. The fraction of sp³-hybridized carbons (Fsp3) is 0.533. The molecule has 2 aromatic rings. The summed E-state index contributed by atoms with van der Waals surface area (Å²) < 4.78 is 27.2. The molecule has 1 amide bonds. The van der Waals surface area contributed by atoms with Gasteiger partial charge in [0.1, 0.15) is 10.7 Å². The summed E-state index contributed by atoms with van der Waals surface area (Å²) in [7, 11) is 1.51. The standard InChI is InChI=1S/C15H20F2N4OS/c1-7(2)11(15-18-8(3)9(4)23-15)19-14(22)10-6-21(5)20-12(10)13(16)17/h6-7,11,13H,1-5H3,(H,19,22). The third-order valence-corrected chi connectivity index (χ3v) is 4.73. The van der Waals surface area contributed by atoms with Crippen LogP contribution in [0.25, 0.3) is 0 Å². The second kappa shape index (κ2) is 6.74. The molecular formula is C15H20F2N4OS. The van der Waals surface area contributed by atoms with Crippen molar-refractivity contribution in [3.63, 3.8) is 0 Å². The Morgan fingerprint density at radius 3 is 2.48 bits per heavy atom. The molecule has 0 spiro atoms. The van der Waals surface area contributed by atoms with Crippen molar-refractivity contribution in [2.45, 2.75) is 40.2 Å². The average molecular weight is 342 g/mol. The van der Waals surface area contributed by atoms with Gasteiger partial charge in [0.15, 0.2) is 0 Å². The Hall–Kier alpha value is -1.83. The molecule has 1 unspecified atom stereocenters. The van der Waals surface area contributed by atoms with Crippen molar-refractivity contribution in [2.24, 2.45) is 13.0 Å². The van der Waals surface area contributed by atoms with Gasteiger partial charge in [-0.05, 0) is 19.8 Å². The van der Waals surface area contributed by atoms with Crippen molar-refractivity contribution in [3.05, 3.63) is 33.0 Å². The lowest BCUT2D eigenvalue weighted by Gasteiger charge is -2.20. The van der Waals surface area contributed by atoms with Gasteiger partial charge < -0.3 is 5.32 Å². The second-order valence-electron chi connectivity index (χ2n) is 5.79. The number of aromatic nitrogens is 3. The summed E-state index contributed by atoms with van der Waals surface area (Å²) in [6, 6.07) is -0.328. The van der Waals surface area contributed by atoms with Crippen LogP contribution in [0.4, 0.5) is 8.78 Å². The molecule has 0 radical (unpaired) electrons. The third kappa shape index (κ3) is 3.74. The van der Waals surface area contributed by atoms with Gasteiger partial charge in [0.2, 0.25) is 0 Å². The third-order valence-electron chi connectivity index (χ3n) is 3.57. The molecule has 0 saturated carbocycles. The smallest absolute Gasteiger partial charge is 0.282 e. The molecule has 1 N–H and O–H groups in total. The minimum Gasteiger partial charge on any atom is -0.342 e. The number of carbonyl (C=O) groups is 1. The predicted molar refractivity (Wildman–Crippen MR) is 84.8 cm³/mol. The van der Waals surface area contributed by atoms with Gasteiger partial charge >= 0.3 is 0 Å². The van der Waals surface area contributed by atoms with E-state index in [-0.39, 0.29) is 17.5 Å². The van der Waals surface area contributed by atoms with Crippen LogP contribution in [0.15, 0.2) is 6.20 Å². The van der Waals surface area contributed by atoms with Gasteiger partial charge in [0, 0.05) is 18.1 Å². The molecule has 0 aliphatic carbocycles. The number of halogens is 2. The molecule has 2 heterocycles. The van der Waals surface area contributed by atoms with Crippen LogP contribution in [0.5, 0.6) is 0 Å². The summed E-state index contributed by atoms with van der Waals surface area (Å²) in [5.74, 6) is -0.479. The molecule has 0 saturated heterocycles. The SMILES string of the molecule is Cc1nc(C(NC(=O)c2cn(C)nc2C(F)F)C(C)C)sc1C. The van der Waals surface area contributed by atoms with Crippen LogP contribution < -0.4 is 5.32 Å². The number of hydrogen-bond acceptors (Lipinski definition) is 4. The van der Waals surface area contributed by atoms with E-state index in [0.29, 0.717) is 0 Å².